The number of carbonyl (C=O) groups is 1. The van der Waals surface area contributed by atoms with E-state index in [0.29, 0.717) is 12.1 Å². The highest BCUT2D eigenvalue weighted by Gasteiger charge is 2.12. The first-order valence-corrected chi connectivity index (χ1v) is 11.7. The number of nitrogens with zero attached hydrogens (tertiary/aromatic N) is 3. The van der Waals surface area contributed by atoms with E-state index >= 15 is 0 Å². The third-order valence-electron chi connectivity index (χ3n) is 5.78. The van der Waals surface area contributed by atoms with Gasteiger partial charge in [-0.2, -0.15) is 0 Å². The minimum atomic E-state index is 0.0123. The maximum atomic E-state index is 12.1. The van der Waals surface area contributed by atoms with Crippen molar-refractivity contribution in [1.29, 1.82) is 0 Å². The predicted molar refractivity (Wildman–Crippen MR) is 132 cm³/mol. The van der Waals surface area contributed by atoms with Crippen molar-refractivity contribution in [3.63, 3.8) is 0 Å². The number of likely N-dealkylation sites (tertiary alicyclic amines) is 1. The maximum Gasteiger partial charge on any atom is 0.253 e. The molecule has 2 aromatic carbocycles. The van der Waals surface area contributed by atoms with Gasteiger partial charge in [0.1, 0.15) is 0 Å². The smallest absolute Gasteiger partial charge is 0.253 e. The van der Waals surface area contributed by atoms with Gasteiger partial charge < -0.3 is 15.5 Å². The number of aliphatic imine (C=N–C) groups is 1. The Bertz CT molecular complexity index is 885. The summed E-state index contributed by atoms with van der Waals surface area (Å²) >= 11 is 0. The second-order valence-electron chi connectivity index (χ2n) is 8.55. The minimum Gasteiger partial charge on any atom is -0.357 e. The van der Waals surface area contributed by atoms with Gasteiger partial charge in [-0.05, 0) is 61.7 Å². The van der Waals surface area contributed by atoms with E-state index in [1.807, 2.05) is 24.3 Å². The third kappa shape index (κ3) is 7.09. The van der Waals surface area contributed by atoms with Gasteiger partial charge in [0.2, 0.25) is 0 Å². The molecule has 0 unspecified atom stereocenters. The number of hydrogen-bond acceptors (Lipinski definition) is 3. The second kappa shape index (κ2) is 12.2. The second-order valence-corrected chi connectivity index (χ2v) is 8.55. The van der Waals surface area contributed by atoms with E-state index in [1.54, 1.807) is 19.0 Å². The standard InChI is InChI=1S/C26H37N5O/c1-4-27-26(28-18-21-12-14-22(15-13-21)25(32)30(2)3)29-19-23-10-6-7-11-24(23)20-31-16-8-5-9-17-31/h6-7,10-15H,4-5,8-9,16-20H2,1-3H3,(H2,27,28,29). The molecule has 6 nitrogen and oxygen atoms in total. The van der Waals surface area contributed by atoms with E-state index < -0.39 is 0 Å². The Labute approximate surface area is 192 Å². The fraction of sp³-hybridized carbons (Fsp3) is 0.462. The molecule has 0 spiro atoms. The maximum absolute atomic E-state index is 12.1. The molecular formula is C26H37N5O. The van der Waals surface area contributed by atoms with Gasteiger partial charge in [-0.1, -0.05) is 42.8 Å². The molecule has 0 radical (unpaired) electrons. The van der Waals surface area contributed by atoms with Gasteiger partial charge in [0, 0.05) is 39.3 Å². The molecule has 1 aliphatic heterocycles. The summed E-state index contributed by atoms with van der Waals surface area (Å²) in [5.41, 5.74) is 4.47. The van der Waals surface area contributed by atoms with Crippen molar-refractivity contribution in [3.05, 3.63) is 70.8 Å². The topological polar surface area (TPSA) is 60.0 Å². The molecular weight excluding hydrogens is 398 g/mol. The number of carbonyl (C=O) groups excluding carboxylic acids is 1. The van der Waals surface area contributed by atoms with Gasteiger partial charge in [0.25, 0.3) is 5.91 Å². The Hall–Kier alpha value is -2.86. The molecule has 0 aromatic heterocycles. The van der Waals surface area contributed by atoms with Gasteiger partial charge in [-0.15, -0.1) is 0 Å². The zero-order valence-corrected chi connectivity index (χ0v) is 19.7. The zero-order valence-electron chi connectivity index (χ0n) is 19.7. The highest BCUT2D eigenvalue weighted by molar-refractivity contribution is 5.93. The lowest BCUT2D eigenvalue weighted by molar-refractivity contribution is 0.0827. The average molecular weight is 436 g/mol. The van der Waals surface area contributed by atoms with E-state index in [-0.39, 0.29) is 5.91 Å². The summed E-state index contributed by atoms with van der Waals surface area (Å²) in [6.45, 7) is 7.59. The molecule has 32 heavy (non-hydrogen) atoms. The molecule has 1 fully saturated rings. The summed E-state index contributed by atoms with van der Waals surface area (Å²) in [6.07, 6.45) is 3.97. The summed E-state index contributed by atoms with van der Waals surface area (Å²) < 4.78 is 0. The minimum absolute atomic E-state index is 0.0123. The number of hydrogen-bond donors (Lipinski definition) is 2. The van der Waals surface area contributed by atoms with Crippen LogP contribution >= 0.6 is 0 Å². The lowest BCUT2D eigenvalue weighted by atomic mass is 10.0. The zero-order chi connectivity index (χ0) is 22.8. The largest absolute Gasteiger partial charge is 0.357 e. The molecule has 3 rings (SSSR count). The number of rotatable bonds is 8. The van der Waals surface area contributed by atoms with E-state index in [0.717, 1.165) is 31.2 Å². The summed E-state index contributed by atoms with van der Waals surface area (Å²) in [5.74, 6) is 0.812. The Morgan fingerprint density at radius 1 is 0.969 bits per heavy atom. The number of benzene rings is 2. The predicted octanol–water partition coefficient (Wildman–Crippen LogP) is 3.63. The quantitative estimate of drug-likeness (QED) is 0.491. The normalized spacial score (nSPS) is 14.8. The fourth-order valence-electron chi connectivity index (χ4n) is 3.94. The monoisotopic (exact) mass is 435 g/mol. The van der Waals surface area contributed by atoms with Gasteiger partial charge in [-0.25, -0.2) is 4.99 Å². The van der Waals surface area contributed by atoms with Gasteiger partial charge in [0.15, 0.2) is 5.96 Å². The van der Waals surface area contributed by atoms with Crippen LogP contribution in [0.25, 0.3) is 0 Å². The number of guanidine groups is 1. The first-order chi connectivity index (χ1) is 15.6. The summed E-state index contributed by atoms with van der Waals surface area (Å²) in [4.78, 5) is 20.9. The van der Waals surface area contributed by atoms with Crippen molar-refractivity contribution in [2.24, 2.45) is 4.99 Å². The van der Waals surface area contributed by atoms with E-state index in [4.69, 9.17) is 4.99 Å². The van der Waals surface area contributed by atoms with Crippen LogP contribution in [0.4, 0.5) is 0 Å². The average Bonchev–Trinajstić information content (AvgIpc) is 2.82. The van der Waals surface area contributed by atoms with Crippen LogP contribution in [0, 0.1) is 0 Å². The lowest BCUT2D eigenvalue weighted by Gasteiger charge is -2.27. The lowest BCUT2D eigenvalue weighted by Crippen LogP contribution is -2.37. The van der Waals surface area contributed by atoms with Crippen molar-refractivity contribution in [1.82, 2.24) is 20.4 Å². The van der Waals surface area contributed by atoms with Crippen LogP contribution in [0.1, 0.15) is 53.2 Å². The van der Waals surface area contributed by atoms with E-state index in [9.17, 15) is 4.79 Å². The highest BCUT2D eigenvalue weighted by atomic mass is 16.2. The van der Waals surface area contributed by atoms with Crippen LogP contribution in [0.15, 0.2) is 53.5 Å². The fourth-order valence-corrected chi connectivity index (χ4v) is 3.94. The molecule has 1 aliphatic rings. The molecule has 0 atom stereocenters. The molecule has 0 aliphatic carbocycles. The first kappa shape index (κ1) is 23.8. The van der Waals surface area contributed by atoms with Crippen LogP contribution in [-0.4, -0.2) is 55.4 Å². The van der Waals surface area contributed by atoms with Crippen molar-refractivity contribution >= 4 is 11.9 Å². The first-order valence-electron chi connectivity index (χ1n) is 11.7. The molecule has 1 heterocycles. The molecule has 1 saturated heterocycles. The molecule has 1 amide bonds. The Morgan fingerprint density at radius 2 is 1.66 bits per heavy atom. The molecule has 0 saturated carbocycles. The van der Waals surface area contributed by atoms with Crippen molar-refractivity contribution in [2.75, 3.05) is 33.7 Å². The van der Waals surface area contributed by atoms with Crippen molar-refractivity contribution in [3.8, 4) is 0 Å². The Kier molecular flexibility index (Phi) is 9.11. The van der Waals surface area contributed by atoms with Gasteiger partial charge >= 0.3 is 0 Å². The summed E-state index contributed by atoms with van der Waals surface area (Å²) in [6, 6.07) is 16.4. The molecule has 0 bridgehead atoms. The molecule has 2 aromatic rings. The van der Waals surface area contributed by atoms with Gasteiger partial charge in [-0.3, -0.25) is 9.69 Å². The van der Waals surface area contributed by atoms with E-state index in [1.165, 1.54) is 43.5 Å². The van der Waals surface area contributed by atoms with Crippen LogP contribution in [0.2, 0.25) is 0 Å². The Balaban J connectivity index is 1.60. The van der Waals surface area contributed by atoms with Crippen molar-refractivity contribution < 1.29 is 4.79 Å². The van der Waals surface area contributed by atoms with Crippen LogP contribution in [0.3, 0.4) is 0 Å². The Morgan fingerprint density at radius 3 is 2.31 bits per heavy atom. The molecule has 2 N–H and O–H groups in total. The summed E-state index contributed by atoms with van der Waals surface area (Å²) in [5, 5.41) is 6.83. The summed E-state index contributed by atoms with van der Waals surface area (Å²) in [7, 11) is 3.53. The number of piperidine rings is 1. The van der Waals surface area contributed by atoms with Crippen LogP contribution in [0.5, 0.6) is 0 Å². The third-order valence-corrected chi connectivity index (χ3v) is 5.78. The number of amides is 1. The van der Waals surface area contributed by atoms with Crippen LogP contribution < -0.4 is 10.6 Å². The SMILES string of the molecule is CCNC(=NCc1ccc(C(=O)N(C)C)cc1)NCc1ccccc1CN1CCCCC1. The van der Waals surface area contributed by atoms with Crippen molar-refractivity contribution in [2.45, 2.75) is 45.8 Å². The van der Waals surface area contributed by atoms with E-state index in [2.05, 4.69) is 46.7 Å². The molecule has 6 heteroatoms. The van der Waals surface area contributed by atoms with Gasteiger partial charge in [0.05, 0.1) is 6.54 Å². The number of nitrogens with one attached hydrogen (secondary N) is 2. The molecule has 172 valence electrons. The van der Waals surface area contributed by atoms with Crippen LogP contribution in [-0.2, 0) is 19.6 Å². The highest BCUT2D eigenvalue weighted by Crippen LogP contribution is 2.16.